The van der Waals surface area contributed by atoms with Gasteiger partial charge in [0.2, 0.25) is 5.91 Å². The van der Waals surface area contributed by atoms with Gasteiger partial charge in [-0.1, -0.05) is 35.9 Å². The summed E-state index contributed by atoms with van der Waals surface area (Å²) in [4.78, 5) is 28.0. The molecular weight excluding hydrogens is 334 g/mol. The van der Waals surface area contributed by atoms with E-state index in [9.17, 15) is 9.59 Å². The van der Waals surface area contributed by atoms with E-state index < -0.39 is 0 Å². The lowest BCUT2D eigenvalue weighted by atomic mass is 10.1. The number of carbonyl (C=O) groups excluding carboxylic acids is 2. The van der Waals surface area contributed by atoms with E-state index in [1.807, 2.05) is 36.6 Å². The van der Waals surface area contributed by atoms with Gasteiger partial charge in [-0.25, -0.2) is 4.98 Å². The van der Waals surface area contributed by atoms with Gasteiger partial charge in [0, 0.05) is 29.1 Å². The molecule has 0 fully saturated rings. The zero-order chi connectivity index (χ0) is 17.8. The lowest BCUT2D eigenvalue weighted by Gasteiger charge is -2.05. The quantitative estimate of drug-likeness (QED) is 0.735. The monoisotopic (exact) mass is 351 g/mol. The van der Waals surface area contributed by atoms with Gasteiger partial charge >= 0.3 is 0 Å². The first-order valence-electron chi connectivity index (χ1n) is 7.73. The van der Waals surface area contributed by atoms with Crippen LogP contribution in [0.25, 0.3) is 11.3 Å². The molecule has 5 nitrogen and oxygen atoms in total. The summed E-state index contributed by atoms with van der Waals surface area (Å²) in [7, 11) is 0. The van der Waals surface area contributed by atoms with Crippen LogP contribution in [-0.2, 0) is 4.79 Å². The molecule has 0 saturated heterocycles. The van der Waals surface area contributed by atoms with Crippen LogP contribution in [-0.4, -0.2) is 16.8 Å². The van der Waals surface area contributed by atoms with Crippen molar-refractivity contribution < 1.29 is 9.59 Å². The van der Waals surface area contributed by atoms with Crippen molar-refractivity contribution >= 4 is 34.0 Å². The molecule has 2 N–H and O–H groups in total. The Kier molecular flexibility index (Phi) is 4.90. The van der Waals surface area contributed by atoms with Crippen molar-refractivity contribution in [2.75, 3.05) is 10.6 Å². The molecule has 0 radical (unpaired) electrons. The minimum atomic E-state index is -0.267. The molecule has 3 aromatic rings. The molecule has 2 amide bonds. The van der Waals surface area contributed by atoms with Crippen LogP contribution in [0.3, 0.4) is 0 Å². The van der Waals surface area contributed by atoms with Crippen LogP contribution in [0, 0.1) is 6.92 Å². The number of nitrogens with one attached hydrogen (secondary N) is 2. The second kappa shape index (κ2) is 7.27. The molecule has 0 atom stereocenters. The summed E-state index contributed by atoms with van der Waals surface area (Å²) in [6, 6.07) is 14.8. The van der Waals surface area contributed by atoms with E-state index >= 15 is 0 Å². The maximum absolute atomic E-state index is 12.4. The highest BCUT2D eigenvalue weighted by molar-refractivity contribution is 7.14. The van der Waals surface area contributed by atoms with Crippen molar-refractivity contribution in [3.63, 3.8) is 0 Å². The number of benzene rings is 2. The second-order valence-electron chi connectivity index (χ2n) is 5.62. The normalized spacial score (nSPS) is 10.3. The van der Waals surface area contributed by atoms with E-state index in [-0.39, 0.29) is 11.8 Å². The summed E-state index contributed by atoms with van der Waals surface area (Å²) in [6.07, 6.45) is 0. The van der Waals surface area contributed by atoms with Gasteiger partial charge in [-0.3, -0.25) is 14.9 Å². The molecule has 0 spiro atoms. The number of aromatic nitrogens is 1. The van der Waals surface area contributed by atoms with Gasteiger partial charge in [-0.15, -0.1) is 11.3 Å². The van der Waals surface area contributed by atoms with E-state index in [1.54, 1.807) is 24.3 Å². The number of amides is 2. The molecule has 0 aliphatic carbocycles. The predicted octanol–water partition coefficient (Wildman–Crippen LogP) is 4.33. The molecule has 126 valence electrons. The molecule has 0 saturated carbocycles. The first-order valence-corrected chi connectivity index (χ1v) is 8.61. The van der Waals surface area contributed by atoms with Gasteiger partial charge in [-0.05, 0) is 25.1 Å². The van der Waals surface area contributed by atoms with Crippen LogP contribution in [0.2, 0.25) is 0 Å². The zero-order valence-corrected chi connectivity index (χ0v) is 14.7. The molecule has 2 aromatic carbocycles. The summed E-state index contributed by atoms with van der Waals surface area (Å²) in [5.74, 6) is -0.447. The Bertz CT molecular complexity index is 916. The Morgan fingerprint density at radius 2 is 1.80 bits per heavy atom. The van der Waals surface area contributed by atoms with Crippen LogP contribution < -0.4 is 10.6 Å². The van der Waals surface area contributed by atoms with Crippen molar-refractivity contribution in [2.45, 2.75) is 13.8 Å². The van der Waals surface area contributed by atoms with Crippen molar-refractivity contribution in [2.24, 2.45) is 0 Å². The first-order chi connectivity index (χ1) is 12.0. The number of rotatable bonds is 4. The SMILES string of the molecule is CC(=O)Nc1cccc(C(=O)Nc2nc(-c3ccc(C)cc3)cs2)c1. The fourth-order valence-corrected chi connectivity index (χ4v) is 3.01. The van der Waals surface area contributed by atoms with Gasteiger partial charge in [0.25, 0.3) is 5.91 Å². The van der Waals surface area contributed by atoms with E-state index in [0.717, 1.165) is 11.3 Å². The van der Waals surface area contributed by atoms with Gasteiger partial charge in [0.1, 0.15) is 0 Å². The molecule has 1 heterocycles. The number of hydrogen-bond donors (Lipinski definition) is 2. The summed E-state index contributed by atoms with van der Waals surface area (Å²) in [6.45, 7) is 3.46. The Hall–Kier alpha value is -2.99. The average Bonchev–Trinajstić information content (AvgIpc) is 3.03. The third kappa shape index (κ3) is 4.30. The topological polar surface area (TPSA) is 71.1 Å². The highest BCUT2D eigenvalue weighted by atomic mass is 32.1. The summed E-state index contributed by atoms with van der Waals surface area (Å²) < 4.78 is 0. The molecule has 3 rings (SSSR count). The maximum atomic E-state index is 12.4. The maximum Gasteiger partial charge on any atom is 0.257 e. The summed E-state index contributed by atoms with van der Waals surface area (Å²) >= 11 is 1.37. The number of anilines is 2. The highest BCUT2D eigenvalue weighted by Gasteiger charge is 2.11. The third-order valence-corrected chi connectivity index (χ3v) is 4.27. The molecule has 1 aromatic heterocycles. The molecule has 0 bridgehead atoms. The predicted molar refractivity (Wildman–Crippen MR) is 101 cm³/mol. The Labute approximate surface area is 149 Å². The van der Waals surface area contributed by atoms with Crippen LogP contribution in [0.15, 0.2) is 53.9 Å². The second-order valence-corrected chi connectivity index (χ2v) is 6.48. The van der Waals surface area contributed by atoms with E-state index in [2.05, 4.69) is 15.6 Å². The molecule has 0 unspecified atom stereocenters. The number of aryl methyl sites for hydroxylation is 1. The third-order valence-electron chi connectivity index (χ3n) is 3.52. The minimum absolute atomic E-state index is 0.180. The minimum Gasteiger partial charge on any atom is -0.326 e. The van der Waals surface area contributed by atoms with E-state index in [4.69, 9.17) is 0 Å². The van der Waals surface area contributed by atoms with Crippen LogP contribution >= 0.6 is 11.3 Å². The number of nitrogens with zero attached hydrogens (tertiary/aromatic N) is 1. The Morgan fingerprint density at radius 1 is 1.04 bits per heavy atom. The number of carbonyl (C=O) groups is 2. The molecular formula is C19H17N3O2S. The Balaban J connectivity index is 1.73. The standard InChI is InChI=1S/C19H17N3O2S/c1-12-6-8-14(9-7-12)17-11-25-19(21-17)22-18(24)15-4-3-5-16(10-15)20-13(2)23/h3-11H,1-2H3,(H,20,23)(H,21,22,24). The Morgan fingerprint density at radius 3 is 2.52 bits per heavy atom. The molecule has 25 heavy (non-hydrogen) atoms. The number of hydrogen-bond acceptors (Lipinski definition) is 4. The first kappa shape index (κ1) is 16.9. The lowest BCUT2D eigenvalue weighted by molar-refractivity contribution is -0.114. The molecule has 0 aliphatic rings. The van der Waals surface area contributed by atoms with Crippen molar-refractivity contribution in [3.8, 4) is 11.3 Å². The molecule has 0 aliphatic heterocycles. The van der Waals surface area contributed by atoms with Crippen molar-refractivity contribution in [3.05, 3.63) is 65.0 Å². The average molecular weight is 351 g/mol. The van der Waals surface area contributed by atoms with Crippen LogP contribution in [0.1, 0.15) is 22.8 Å². The zero-order valence-electron chi connectivity index (χ0n) is 13.9. The van der Waals surface area contributed by atoms with E-state index in [1.165, 1.54) is 23.8 Å². The van der Waals surface area contributed by atoms with Crippen LogP contribution in [0.5, 0.6) is 0 Å². The lowest BCUT2D eigenvalue weighted by Crippen LogP contribution is -2.13. The molecule has 6 heteroatoms. The summed E-state index contributed by atoms with van der Waals surface area (Å²) in [5.41, 5.74) is 4.06. The van der Waals surface area contributed by atoms with Gasteiger partial charge in [0.05, 0.1) is 5.69 Å². The van der Waals surface area contributed by atoms with E-state index in [0.29, 0.717) is 16.4 Å². The van der Waals surface area contributed by atoms with Crippen LogP contribution in [0.4, 0.5) is 10.8 Å². The van der Waals surface area contributed by atoms with Gasteiger partial charge in [-0.2, -0.15) is 0 Å². The van der Waals surface area contributed by atoms with Crippen molar-refractivity contribution in [1.82, 2.24) is 4.98 Å². The van der Waals surface area contributed by atoms with Gasteiger partial charge in [0.15, 0.2) is 5.13 Å². The fraction of sp³-hybridized carbons (Fsp3) is 0.105. The largest absolute Gasteiger partial charge is 0.326 e. The van der Waals surface area contributed by atoms with Crippen molar-refractivity contribution in [1.29, 1.82) is 0 Å². The highest BCUT2D eigenvalue weighted by Crippen LogP contribution is 2.25. The summed E-state index contributed by atoms with van der Waals surface area (Å²) in [5, 5.41) is 7.90. The van der Waals surface area contributed by atoms with Gasteiger partial charge < -0.3 is 5.32 Å². The fourth-order valence-electron chi connectivity index (χ4n) is 2.30. The number of thiazole rings is 1. The smallest absolute Gasteiger partial charge is 0.257 e.